The largest absolute Gasteiger partial charge is 0.456 e. The van der Waals surface area contributed by atoms with Crippen LogP contribution in [0, 0.1) is 0 Å². The average molecular weight is 628 g/mol. The van der Waals surface area contributed by atoms with Crippen LogP contribution in [-0.2, 0) is 0 Å². The quantitative estimate of drug-likeness (QED) is 0.190. The number of para-hydroxylation sites is 2. The Hall–Kier alpha value is -6.58. The van der Waals surface area contributed by atoms with Crippen molar-refractivity contribution in [3.05, 3.63) is 176 Å². The normalized spacial score (nSPS) is 11.7. The van der Waals surface area contributed by atoms with Gasteiger partial charge in [-0.1, -0.05) is 115 Å². The number of nitrogens with zero attached hydrogens (tertiary/aromatic N) is 1. The predicted molar refractivity (Wildman–Crippen MR) is 204 cm³/mol. The highest BCUT2D eigenvalue weighted by molar-refractivity contribution is 6.13. The van der Waals surface area contributed by atoms with E-state index in [0.29, 0.717) is 0 Å². The molecule has 0 unspecified atom stereocenters. The summed E-state index contributed by atoms with van der Waals surface area (Å²) in [5.41, 5.74) is 11.3. The van der Waals surface area contributed by atoms with Crippen LogP contribution in [0.25, 0.3) is 76.9 Å². The van der Waals surface area contributed by atoms with Crippen LogP contribution in [0.2, 0.25) is 0 Å². The summed E-state index contributed by atoms with van der Waals surface area (Å²) in [6.45, 7) is 0. The molecular formula is C46H29NO2. The van der Waals surface area contributed by atoms with Gasteiger partial charge in [-0.05, 0) is 93.7 Å². The van der Waals surface area contributed by atoms with Crippen LogP contribution in [0.4, 0.5) is 17.1 Å². The molecular weight excluding hydrogens is 599 g/mol. The van der Waals surface area contributed by atoms with Gasteiger partial charge in [0.2, 0.25) is 0 Å². The van der Waals surface area contributed by atoms with Crippen LogP contribution in [0.1, 0.15) is 0 Å². The van der Waals surface area contributed by atoms with Crippen molar-refractivity contribution in [1.82, 2.24) is 0 Å². The fourth-order valence-electron chi connectivity index (χ4n) is 7.39. The number of rotatable bonds is 5. The number of hydrogen-bond donors (Lipinski definition) is 0. The number of furan rings is 2. The van der Waals surface area contributed by atoms with Crippen molar-refractivity contribution in [2.24, 2.45) is 0 Å². The van der Waals surface area contributed by atoms with E-state index in [4.69, 9.17) is 8.83 Å². The van der Waals surface area contributed by atoms with Crippen molar-refractivity contribution in [3.8, 4) is 22.3 Å². The summed E-state index contributed by atoms with van der Waals surface area (Å²) in [5.74, 6) is 0. The first-order valence-corrected chi connectivity index (χ1v) is 16.6. The van der Waals surface area contributed by atoms with E-state index in [2.05, 4.69) is 157 Å². The van der Waals surface area contributed by atoms with E-state index >= 15 is 0 Å². The lowest BCUT2D eigenvalue weighted by Crippen LogP contribution is -2.10. The van der Waals surface area contributed by atoms with E-state index in [0.717, 1.165) is 77.6 Å². The minimum absolute atomic E-state index is 0.861. The Balaban J connectivity index is 1.18. The van der Waals surface area contributed by atoms with E-state index in [1.165, 1.54) is 16.3 Å². The van der Waals surface area contributed by atoms with Crippen LogP contribution in [0.3, 0.4) is 0 Å². The highest BCUT2D eigenvalue weighted by Crippen LogP contribution is 2.45. The zero-order valence-corrected chi connectivity index (χ0v) is 26.5. The summed E-state index contributed by atoms with van der Waals surface area (Å²) in [5, 5.41) is 6.90. The standard InChI is InChI=1S/C46H29NO2/c1-2-17-36-30(11-1)12-9-20-37(36)33-14-8-16-35(28-33)47(41-21-10-24-44-46(41)40-19-4-6-23-43(40)48-44)34-15-7-13-31(27-34)32-25-26-39-38-18-3-5-22-42(38)49-45(39)29-32/h1-29H. The summed E-state index contributed by atoms with van der Waals surface area (Å²) in [6.07, 6.45) is 0. The van der Waals surface area contributed by atoms with E-state index in [1.807, 2.05) is 24.3 Å². The van der Waals surface area contributed by atoms with E-state index in [-0.39, 0.29) is 0 Å². The topological polar surface area (TPSA) is 29.5 Å². The molecule has 10 aromatic rings. The Bertz CT molecular complexity index is 2850. The molecule has 0 aliphatic rings. The minimum atomic E-state index is 0.861. The SMILES string of the molecule is c1cc(-c2ccc3c(c2)oc2ccccc23)cc(N(c2cccc(-c3cccc4ccccc34)c2)c2cccc3oc4ccccc4c23)c1. The maximum absolute atomic E-state index is 6.38. The molecule has 0 bridgehead atoms. The molecule has 2 heterocycles. The van der Waals surface area contributed by atoms with Gasteiger partial charge < -0.3 is 13.7 Å². The van der Waals surface area contributed by atoms with Gasteiger partial charge in [0.05, 0.1) is 11.1 Å². The second-order valence-corrected chi connectivity index (χ2v) is 12.5. The zero-order valence-electron chi connectivity index (χ0n) is 26.5. The van der Waals surface area contributed by atoms with Gasteiger partial charge in [0.1, 0.15) is 22.3 Å². The Kier molecular flexibility index (Phi) is 6.18. The fraction of sp³-hybridized carbons (Fsp3) is 0. The van der Waals surface area contributed by atoms with Crippen LogP contribution < -0.4 is 4.90 Å². The van der Waals surface area contributed by atoms with Gasteiger partial charge >= 0.3 is 0 Å². The van der Waals surface area contributed by atoms with Crippen molar-refractivity contribution < 1.29 is 8.83 Å². The maximum atomic E-state index is 6.38. The molecule has 0 amide bonds. The number of hydrogen-bond acceptors (Lipinski definition) is 3. The first kappa shape index (κ1) is 27.5. The number of benzene rings is 8. The van der Waals surface area contributed by atoms with Crippen molar-refractivity contribution in [2.45, 2.75) is 0 Å². The summed E-state index contributed by atoms with van der Waals surface area (Å²) in [7, 11) is 0. The third kappa shape index (κ3) is 4.51. The summed E-state index contributed by atoms with van der Waals surface area (Å²) in [4.78, 5) is 2.36. The molecule has 0 saturated carbocycles. The molecule has 10 rings (SSSR count). The highest BCUT2D eigenvalue weighted by Gasteiger charge is 2.20. The molecule has 230 valence electrons. The Labute approximate surface area is 282 Å². The van der Waals surface area contributed by atoms with E-state index in [9.17, 15) is 0 Å². The van der Waals surface area contributed by atoms with Crippen LogP contribution in [-0.4, -0.2) is 0 Å². The summed E-state index contributed by atoms with van der Waals surface area (Å²) >= 11 is 0. The molecule has 0 N–H and O–H groups in total. The molecule has 0 fully saturated rings. The smallest absolute Gasteiger partial charge is 0.137 e. The van der Waals surface area contributed by atoms with E-state index in [1.54, 1.807) is 0 Å². The number of anilines is 3. The van der Waals surface area contributed by atoms with Gasteiger partial charge in [0.25, 0.3) is 0 Å². The van der Waals surface area contributed by atoms with Gasteiger partial charge in [-0.3, -0.25) is 0 Å². The molecule has 3 heteroatoms. The fourth-order valence-corrected chi connectivity index (χ4v) is 7.39. The van der Waals surface area contributed by atoms with Crippen molar-refractivity contribution in [3.63, 3.8) is 0 Å². The lowest BCUT2D eigenvalue weighted by Gasteiger charge is -2.27. The second kappa shape index (κ2) is 11.0. The first-order valence-electron chi connectivity index (χ1n) is 16.6. The summed E-state index contributed by atoms with van der Waals surface area (Å²) < 4.78 is 12.7. The average Bonchev–Trinajstić information content (AvgIpc) is 3.73. The van der Waals surface area contributed by atoms with Crippen molar-refractivity contribution in [2.75, 3.05) is 4.90 Å². The third-order valence-corrected chi connectivity index (χ3v) is 9.64. The number of fused-ring (bicyclic) bond motifs is 7. The molecule has 2 aromatic heterocycles. The van der Waals surface area contributed by atoms with Gasteiger partial charge in [0.15, 0.2) is 0 Å². The molecule has 0 saturated heterocycles. The lowest BCUT2D eigenvalue weighted by molar-refractivity contribution is 0.668. The Morgan fingerprint density at radius 3 is 1.78 bits per heavy atom. The zero-order chi connectivity index (χ0) is 32.3. The molecule has 0 radical (unpaired) electrons. The van der Waals surface area contributed by atoms with Crippen LogP contribution in [0.15, 0.2) is 185 Å². The third-order valence-electron chi connectivity index (χ3n) is 9.64. The molecule has 0 atom stereocenters. The molecule has 8 aromatic carbocycles. The van der Waals surface area contributed by atoms with Crippen molar-refractivity contribution >= 4 is 71.7 Å². The van der Waals surface area contributed by atoms with Crippen LogP contribution >= 0.6 is 0 Å². The predicted octanol–water partition coefficient (Wildman–Crippen LogP) is 13.4. The highest BCUT2D eigenvalue weighted by atomic mass is 16.3. The molecule has 49 heavy (non-hydrogen) atoms. The van der Waals surface area contributed by atoms with E-state index < -0.39 is 0 Å². The maximum Gasteiger partial charge on any atom is 0.137 e. The first-order chi connectivity index (χ1) is 24.3. The Morgan fingerprint density at radius 2 is 0.918 bits per heavy atom. The minimum Gasteiger partial charge on any atom is -0.456 e. The second-order valence-electron chi connectivity index (χ2n) is 12.5. The Morgan fingerprint density at radius 1 is 0.347 bits per heavy atom. The molecule has 0 aliphatic carbocycles. The van der Waals surface area contributed by atoms with Gasteiger partial charge in [-0.25, -0.2) is 0 Å². The lowest BCUT2D eigenvalue weighted by atomic mass is 9.97. The van der Waals surface area contributed by atoms with Gasteiger partial charge in [-0.15, -0.1) is 0 Å². The van der Waals surface area contributed by atoms with Gasteiger partial charge in [-0.2, -0.15) is 0 Å². The summed E-state index contributed by atoms with van der Waals surface area (Å²) in [6, 6.07) is 62.1. The van der Waals surface area contributed by atoms with Crippen molar-refractivity contribution in [1.29, 1.82) is 0 Å². The molecule has 0 aliphatic heterocycles. The van der Waals surface area contributed by atoms with Crippen LogP contribution in [0.5, 0.6) is 0 Å². The van der Waals surface area contributed by atoms with Gasteiger partial charge in [0, 0.05) is 27.5 Å². The molecule has 0 spiro atoms. The molecule has 3 nitrogen and oxygen atoms in total. The monoisotopic (exact) mass is 627 g/mol.